The molecule has 0 unspecified atom stereocenters. The highest BCUT2D eigenvalue weighted by Gasteiger charge is 2.05. The molecule has 0 spiro atoms. The lowest BCUT2D eigenvalue weighted by Gasteiger charge is -2.06. The van der Waals surface area contributed by atoms with Crippen LogP contribution in [0, 0.1) is 0 Å². The molecule has 0 aliphatic heterocycles. The lowest BCUT2D eigenvalue weighted by molar-refractivity contribution is 0.0936. The van der Waals surface area contributed by atoms with E-state index in [0.29, 0.717) is 5.56 Å². The minimum Gasteiger partial charge on any atom is -0.448 e. The van der Waals surface area contributed by atoms with Crippen LogP contribution in [-0.2, 0) is 4.74 Å². The van der Waals surface area contributed by atoms with E-state index >= 15 is 0 Å². The van der Waals surface area contributed by atoms with Gasteiger partial charge in [-0.15, -0.1) is 0 Å². The van der Waals surface area contributed by atoms with E-state index in [1.165, 1.54) is 6.20 Å². The molecular formula is C12H18N4O3. The summed E-state index contributed by atoms with van der Waals surface area (Å²) in [7, 11) is 0. The van der Waals surface area contributed by atoms with Crippen LogP contribution in [0.5, 0.6) is 0 Å². The van der Waals surface area contributed by atoms with Crippen LogP contribution in [0.2, 0.25) is 0 Å². The predicted octanol–water partition coefficient (Wildman–Crippen LogP) is 0.729. The summed E-state index contributed by atoms with van der Waals surface area (Å²) in [6.45, 7) is 3.15. The molecule has 7 heteroatoms. The summed E-state index contributed by atoms with van der Waals surface area (Å²) in [5, 5.41) is 5.70. The topological polar surface area (TPSA) is 106 Å². The van der Waals surface area contributed by atoms with Crippen molar-refractivity contribution < 1.29 is 14.3 Å². The first-order valence-corrected chi connectivity index (χ1v) is 6.04. The zero-order valence-electron chi connectivity index (χ0n) is 10.8. The Morgan fingerprint density at radius 2 is 2.16 bits per heavy atom. The van der Waals surface area contributed by atoms with Crippen LogP contribution < -0.4 is 16.4 Å². The van der Waals surface area contributed by atoms with Gasteiger partial charge >= 0.3 is 6.09 Å². The molecule has 0 aromatic carbocycles. The molecule has 1 rings (SSSR count). The molecule has 4 N–H and O–H groups in total. The largest absolute Gasteiger partial charge is 0.448 e. The second-order valence-electron chi connectivity index (χ2n) is 3.78. The van der Waals surface area contributed by atoms with E-state index in [1.807, 2.05) is 0 Å². The van der Waals surface area contributed by atoms with Crippen LogP contribution in [0.1, 0.15) is 23.7 Å². The van der Waals surface area contributed by atoms with E-state index in [4.69, 9.17) is 5.73 Å². The number of ether oxygens (including phenoxy) is 1. The molecule has 0 radical (unpaired) electrons. The fourth-order valence-corrected chi connectivity index (χ4v) is 1.30. The average Bonchev–Trinajstić information content (AvgIpc) is 2.41. The number of carbonyl (C=O) groups excluding carboxylic acids is 2. The lowest BCUT2D eigenvalue weighted by Crippen LogP contribution is -2.29. The van der Waals surface area contributed by atoms with Gasteiger partial charge in [0, 0.05) is 12.7 Å². The molecule has 0 aliphatic rings. The van der Waals surface area contributed by atoms with Crippen molar-refractivity contribution in [3.63, 3.8) is 0 Å². The highest BCUT2D eigenvalue weighted by molar-refractivity contribution is 5.94. The van der Waals surface area contributed by atoms with Crippen molar-refractivity contribution in [3.05, 3.63) is 23.9 Å². The summed E-state index contributed by atoms with van der Waals surface area (Å²) in [4.78, 5) is 26.1. The van der Waals surface area contributed by atoms with Gasteiger partial charge in [0.25, 0.3) is 5.91 Å². The predicted molar refractivity (Wildman–Crippen MR) is 70.9 cm³/mol. The maximum absolute atomic E-state index is 11.7. The lowest BCUT2D eigenvalue weighted by atomic mass is 10.2. The van der Waals surface area contributed by atoms with Gasteiger partial charge < -0.3 is 21.1 Å². The van der Waals surface area contributed by atoms with Crippen molar-refractivity contribution >= 4 is 17.8 Å². The number of primary amides is 1. The smallest absolute Gasteiger partial charge is 0.404 e. The average molecular weight is 266 g/mol. The Labute approximate surface area is 111 Å². The number of pyridine rings is 1. The minimum atomic E-state index is -0.859. The Balaban J connectivity index is 2.37. The molecule has 1 aromatic rings. The van der Waals surface area contributed by atoms with E-state index in [0.717, 1.165) is 18.8 Å². The van der Waals surface area contributed by atoms with Crippen molar-refractivity contribution in [3.8, 4) is 0 Å². The Kier molecular flexibility index (Phi) is 6.14. The molecule has 0 saturated heterocycles. The third-order valence-corrected chi connectivity index (χ3v) is 2.21. The van der Waals surface area contributed by atoms with Gasteiger partial charge in [-0.25, -0.2) is 9.78 Å². The number of amides is 2. The summed E-state index contributed by atoms with van der Waals surface area (Å²) in [5.74, 6) is 0.457. The van der Waals surface area contributed by atoms with Gasteiger partial charge in [0.2, 0.25) is 0 Å². The zero-order valence-corrected chi connectivity index (χ0v) is 10.8. The standard InChI is InChI=1S/C12H18N4O3/c1-2-5-14-10-4-3-9(8-16-10)11(17)15-6-7-19-12(13)18/h3-4,8H,2,5-7H2,1H3,(H2,13,18)(H,14,16)(H,15,17). The molecule has 0 atom stereocenters. The number of hydrogen-bond acceptors (Lipinski definition) is 5. The third-order valence-electron chi connectivity index (χ3n) is 2.21. The number of rotatable bonds is 7. The van der Waals surface area contributed by atoms with Crippen molar-refractivity contribution in [2.24, 2.45) is 5.73 Å². The fraction of sp³-hybridized carbons (Fsp3) is 0.417. The van der Waals surface area contributed by atoms with Crippen molar-refractivity contribution in [2.45, 2.75) is 13.3 Å². The SMILES string of the molecule is CCCNc1ccc(C(=O)NCCOC(N)=O)cn1. The molecule has 1 heterocycles. The number of anilines is 1. The van der Waals surface area contributed by atoms with E-state index in [2.05, 4.69) is 27.3 Å². The molecular weight excluding hydrogens is 248 g/mol. The molecule has 0 aliphatic carbocycles. The third kappa shape index (κ3) is 5.71. The quantitative estimate of drug-likeness (QED) is 0.631. The van der Waals surface area contributed by atoms with Gasteiger partial charge in [-0.1, -0.05) is 6.92 Å². The summed E-state index contributed by atoms with van der Waals surface area (Å²) >= 11 is 0. The van der Waals surface area contributed by atoms with Crippen LogP contribution in [0.3, 0.4) is 0 Å². The van der Waals surface area contributed by atoms with E-state index in [1.54, 1.807) is 12.1 Å². The molecule has 104 valence electrons. The van der Waals surface area contributed by atoms with Crippen LogP contribution in [0.15, 0.2) is 18.3 Å². The second kappa shape index (κ2) is 7.91. The van der Waals surface area contributed by atoms with Gasteiger partial charge in [0.05, 0.1) is 12.1 Å². The summed E-state index contributed by atoms with van der Waals surface area (Å²) in [6, 6.07) is 3.42. The number of nitrogens with zero attached hydrogens (tertiary/aromatic N) is 1. The van der Waals surface area contributed by atoms with Gasteiger partial charge in [-0.3, -0.25) is 4.79 Å². The van der Waals surface area contributed by atoms with Crippen LogP contribution in [-0.4, -0.2) is 36.7 Å². The maximum atomic E-state index is 11.7. The van der Waals surface area contributed by atoms with Crippen LogP contribution >= 0.6 is 0 Å². The first kappa shape index (κ1) is 14.7. The first-order chi connectivity index (χ1) is 9.13. The highest BCUT2D eigenvalue weighted by atomic mass is 16.5. The van der Waals surface area contributed by atoms with Crippen molar-refractivity contribution in [1.29, 1.82) is 0 Å². The highest BCUT2D eigenvalue weighted by Crippen LogP contribution is 2.04. The van der Waals surface area contributed by atoms with Gasteiger partial charge in [-0.2, -0.15) is 0 Å². The number of hydrogen-bond donors (Lipinski definition) is 3. The van der Waals surface area contributed by atoms with Crippen LogP contribution in [0.4, 0.5) is 10.6 Å². The maximum Gasteiger partial charge on any atom is 0.404 e. The number of carbonyl (C=O) groups is 2. The Hall–Kier alpha value is -2.31. The summed E-state index contributed by atoms with van der Waals surface area (Å²) < 4.78 is 4.49. The van der Waals surface area contributed by atoms with Gasteiger partial charge in [0.15, 0.2) is 0 Å². The number of nitrogens with one attached hydrogen (secondary N) is 2. The number of aromatic nitrogens is 1. The molecule has 1 aromatic heterocycles. The minimum absolute atomic E-state index is 0.0463. The Morgan fingerprint density at radius 3 is 2.74 bits per heavy atom. The molecule has 19 heavy (non-hydrogen) atoms. The monoisotopic (exact) mass is 266 g/mol. The van der Waals surface area contributed by atoms with Gasteiger partial charge in [0.1, 0.15) is 12.4 Å². The van der Waals surface area contributed by atoms with E-state index in [-0.39, 0.29) is 19.1 Å². The fourth-order valence-electron chi connectivity index (χ4n) is 1.30. The van der Waals surface area contributed by atoms with Gasteiger partial charge in [-0.05, 0) is 18.6 Å². The van der Waals surface area contributed by atoms with E-state index in [9.17, 15) is 9.59 Å². The summed E-state index contributed by atoms with van der Waals surface area (Å²) in [6.07, 6.45) is 1.63. The molecule has 0 fully saturated rings. The van der Waals surface area contributed by atoms with Crippen molar-refractivity contribution in [2.75, 3.05) is 25.0 Å². The van der Waals surface area contributed by atoms with E-state index < -0.39 is 6.09 Å². The first-order valence-electron chi connectivity index (χ1n) is 6.04. The Bertz CT molecular complexity index is 419. The van der Waals surface area contributed by atoms with Crippen LogP contribution in [0.25, 0.3) is 0 Å². The summed E-state index contributed by atoms with van der Waals surface area (Å²) in [5.41, 5.74) is 5.23. The molecule has 0 saturated carbocycles. The normalized spacial score (nSPS) is 9.74. The van der Waals surface area contributed by atoms with Crippen molar-refractivity contribution in [1.82, 2.24) is 10.3 Å². The zero-order chi connectivity index (χ0) is 14.1. The molecule has 7 nitrogen and oxygen atoms in total. The molecule has 0 bridgehead atoms. The molecule has 2 amide bonds. The second-order valence-corrected chi connectivity index (χ2v) is 3.78. The number of nitrogens with two attached hydrogens (primary N) is 1. The Morgan fingerprint density at radius 1 is 1.37 bits per heavy atom.